The van der Waals surface area contributed by atoms with Crippen LogP contribution in [0.5, 0.6) is 5.75 Å². The molecular weight excluding hydrogens is 228 g/mol. The molecule has 0 atom stereocenters. The van der Waals surface area contributed by atoms with E-state index in [4.69, 9.17) is 9.15 Å². The molecule has 0 aliphatic heterocycles. The Balaban J connectivity index is 1.83. The summed E-state index contributed by atoms with van der Waals surface area (Å²) in [7, 11) is 1.66. The zero-order chi connectivity index (χ0) is 12.4. The van der Waals surface area contributed by atoms with E-state index in [1.54, 1.807) is 7.11 Å². The van der Waals surface area contributed by atoms with Gasteiger partial charge in [-0.2, -0.15) is 0 Å². The number of benzene rings is 1. The first kappa shape index (κ1) is 11.3. The van der Waals surface area contributed by atoms with Crippen molar-refractivity contribution in [2.45, 2.75) is 25.4 Å². The summed E-state index contributed by atoms with van der Waals surface area (Å²) in [5.41, 5.74) is 1.95. The predicted octanol–water partition coefficient (Wildman–Crippen LogP) is 2.60. The SMILES string of the molecule is COc1cccc(-c2ocnc2CNC2CC2)c1. The summed E-state index contributed by atoms with van der Waals surface area (Å²) in [6.45, 7) is 0.758. The maximum atomic E-state index is 5.50. The monoisotopic (exact) mass is 244 g/mol. The number of nitrogens with zero attached hydrogens (tertiary/aromatic N) is 1. The number of aromatic nitrogens is 1. The predicted molar refractivity (Wildman–Crippen MR) is 68.4 cm³/mol. The molecule has 1 N–H and O–H groups in total. The number of hydrogen-bond acceptors (Lipinski definition) is 4. The molecule has 1 fully saturated rings. The molecule has 1 heterocycles. The van der Waals surface area contributed by atoms with Crippen molar-refractivity contribution in [3.05, 3.63) is 36.4 Å². The summed E-state index contributed by atoms with van der Waals surface area (Å²) in [5, 5.41) is 3.44. The Labute approximate surface area is 106 Å². The van der Waals surface area contributed by atoms with Crippen LogP contribution in [-0.4, -0.2) is 18.1 Å². The van der Waals surface area contributed by atoms with Gasteiger partial charge in [0, 0.05) is 18.2 Å². The lowest BCUT2D eigenvalue weighted by atomic mass is 10.1. The second kappa shape index (κ2) is 4.82. The Hall–Kier alpha value is -1.81. The molecule has 4 nitrogen and oxygen atoms in total. The van der Waals surface area contributed by atoms with Crippen LogP contribution in [-0.2, 0) is 6.54 Å². The van der Waals surface area contributed by atoms with Gasteiger partial charge in [0.15, 0.2) is 12.2 Å². The Kier molecular flexibility index (Phi) is 3.02. The molecule has 3 rings (SSSR count). The lowest BCUT2D eigenvalue weighted by Gasteiger charge is -2.04. The number of oxazole rings is 1. The van der Waals surface area contributed by atoms with Gasteiger partial charge in [0.1, 0.15) is 11.4 Å². The van der Waals surface area contributed by atoms with Gasteiger partial charge in [-0.05, 0) is 25.0 Å². The van der Waals surface area contributed by atoms with Crippen LogP contribution in [0.1, 0.15) is 18.5 Å². The van der Waals surface area contributed by atoms with Gasteiger partial charge in [-0.1, -0.05) is 12.1 Å². The molecule has 0 spiro atoms. The minimum Gasteiger partial charge on any atom is -0.497 e. The van der Waals surface area contributed by atoms with Crippen LogP contribution in [0.15, 0.2) is 35.1 Å². The summed E-state index contributed by atoms with van der Waals surface area (Å²) in [4.78, 5) is 4.28. The highest BCUT2D eigenvalue weighted by Gasteiger charge is 2.21. The number of rotatable bonds is 5. The zero-order valence-corrected chi connectivity index (χ0v) is 10.3. The molecule has 4 heteroatoms. The van der Waals surface area contributed by atoms with Crippen LogP contribution in [0.4, 0.5) is 0 Å². The molecule has 18 heavy (non-hydrogen) atoms. The van der Waals surface area contributed by atoms with Gasteiger partial charge in [-0.15, -0.1) is 0 Å². The van der Waals surface area contributed by atoms with Crippen molar-refractivity contribution in [3.8, 4) is 17.1 Å². The summed E-state index contributed by atoms with van der Waals surface area (Å²) in [6, 6.07) is 8.50. The van der Waals surface area contributed by atoms with Gasteiger partial charge in [-0.3, -0.25) is 0 Å². The Morgan fingerprint density at radius 3 is 3.11 bits per heavy atom. The van der Waals surface area contributed by atoms with E-state index in [2.05, 4.69) is 10.3 Å². The molecule has 94 valence electrons. The standard InChI is InChI=1S/C14H16N2O2/c1-17-12-4-2-3-10(7-12)14-13(16-9-18-14)8-15-11-5-6-11/h2-4,7,9,11,15H,5-6,8H2,1H3. The van der Waals surface area contributed by atoms with Crippen LogP contribution in [0.2, 0.25) is 0 Å². The van der Waals surface area contributed by atoms with Crippen LogP contribution in [0.3, 0.4) is 0 Å². The topological polar surface area (TPSA) is 47.3 Å². The highest BCUT2D eigenvalue weighted by molar-refractivity contribution is 5.61. The van der Waals surface area contributed by atoms with Gasteiger partial charge in [0.05, 0.1) is 7.11 Å². The molecule has 0 bridgehead atoms. The summed E-state index contributed by atoms with van der Waals surface area (Å²) < 4.78 is 10.7. The van der Waals surface area contributed by atoms with Crippen molar-refractivity contribution in [2.75, 3.05) is 7.11 Å². The second-order valence-electron chi connectivity index (χ2n) is 4.52. The van der Waals surface area contributed by atoms with E-state index in [-0.39, 0.29) is 0 Å². The van der Waals surface area contributed by atoms with E-state index in [0.717, 1.165) is 29.3 Å². The number of nitrogens with one attached hydrogen (secondary N) is 1. The average molecular weight is 244 g/mol. The highest BCUT2D eigenvalue weighted by Crippen LogP contribution is 2.27. The van der Waals surface area contributed by atoms with E-state index < -0.39 is 0 Å². The van der Waals surface area contributed by atoms with Crippen LogP contribution >= 0.6 is 0 Å². The maximum absolute atomic E-state index is 5.50. The quantitative estimate of drug-likeness (QED) is 0.878. The lowest BCUT2D eigenvalue weighted by molar-refractivity contribution is 0.415. The number of hydrogen-bond donors (Lipinski definition) is 1. The molecule has 1 saturated carbocycles. The molecular formula is C14H16N2O2. The zero-order valence-electron chi connectivity index (χ0n) is 10.3. The second-order valence-corrected chi connectivity index (χ2v) is 4.52. The first-order chi connectivity index (χ1) is 8.86. The summed E-state index contributed by atoms with van der Waals surface area (Å²) in [6.07, 6.45) is 4.04. The third kappa shape index (κ3) is 2.38. The van der Waals surface area contributed by atoms with Crippen molar-refractivity contribution in [1.29, 1.82) is 0 Å². The Bertz CT molecular complexity index is 532. The minimum absolute atomic E-state index is 0.667. The minimum atomic E-state index is 0.667. The van der Waals surface area contributed by atoms with Gasteiger partial charge < -0.3 is 14.5 Å². The molecule has 0 saturated heterocycles. The first-order valence-corrected chi connectivity index (χ1v) is 6.17. The smallest absolute Gasteiger partial charge is 0.181 e. The molecule has 1 aliphatic rings. The van der Waals surface area contributed by atoms with E-state index in [1.807, 2.05) is 24.3 Å². The van der Waals surface area contributed by atoms with E-state index in [9.17, 15) is 0 Å². The first-order valence-electron chi connectivity index (χ1n) is 6.17. The normalized spacial score (nSPS) is 14.7. The van der Waals surface area contributed by atoms with Gasteiger partial charge >= 0.3 is 0 Å². The van der Waals surface area contributed by atoms with Crippen molar-refractivity contribution in [2.24, 2.45) is 0 Å². The van der Waals surface area contributed by atoms with Crippen molar-refractivity contribution < 1.29 is 9.15 Å². The molecule has 1 aromatic heterocycles. The third-order valence-corrected chi connectivity index (χ3v) is 3.11. The number of ether oxygens (including phenoxy) is 1. The molecule has 1 aromatic carbocycles. The maximum Gasteiger partial charge on any atom is 0.181 e. The van der Waals surface area contributed by atoms with E-state index in [0.29, 0.717) is 6.04 Å². The van der Waals surface area contributed by atoms with E-state index in [1.165, 1.54) is 19.2 Å². The van der Waals surface area contributed by atoms with Crippen LogP contribution in [0, 0.1) is 0 Å². The van der Waals surface area contributed by atoms with E-state index >= 15 is 0 Å². The number of methoxy groups -OCH3 is 1. The molecule has 0 unspecified atom stereocenters. The largest absolute Gasteiger partial charge is 0.497 e. The summed E-state index contributed by atoms with van der Waals surface area (Å²) >= 11 is 0. The van der Waals surface area contributed by atoms with Gasteiger partial charge in [0.2, 0.25) is 0 Å². The Morgan fingerprint density at radius 1 is 1.44 bits per heavy atom. The molecule has 0 radical (unpaired) electrons. The lowest BCUT2D eigenvalue weighted by Crippen LogP contribution is -2.15. The van der Waals surface area contributed by atoms with Crippen LogP contribution < -0.4 is 10.1 Å². The van der Waals surface area contributed by atoms with Crippen molar-refractivity contribution in [1.82, 2.24) is 10.3 Å². The molecule has 1 aliphatic carbocycles. The Morgan fingerprint density at radius 2 is 2.33 bits per heavy atom. The van der Waals surface area contributed by atoms with Crippen LogP contribution in [0.25, 0.3) is 11.3 Å². The fraction of sp³-hybridized carbons (Fsp3) is 0.357. The van der Waals surface area contributed by atoms with Gasteiger partial charge in [-0.25, -0.2) is 4.98 Å². The fourth-order valence-corrected chi connectivity index (χ4v) is 1.92. The molecule has 2 aromatic rings. The molecule has 0 amide bonds. The van der Waals surface area contributed by atoms with Gasteiger partial charge in [0.25, 0.3) is 0 Å². The van der Waals surface area contributed by atoms with Crippen molar-refractivity contribution in [3.63, 3.8) is 0 Å². The van der Waals surface area contributed by atoms with Crippen molar-refractivity contribution >= 4 is 0 Å². The summed E-state index contributed by atoms with van der Waals surface area (Å²) in [5.74, 6) is 1.65. The fourth-order valence-electron chi connectivity index (χ4n) is 1.92. The average Bonchev–Trinajstić information content (AvgIpc) is 3.13. The third-order valence-electron chi connectivity index (χ3n) is 3.11. The highest BCUT2D eigenvalue weighted by atomic mass is 16.5.